The zero-order valence-corrected chi connectivity index (χ0v) is 15.4. The molecule has 0 atom stereocenters. The lowest BCUT2D eigenvalue weighted by Crippen LogP contribution is -2.12. The molecule has 5 heteroatoms. The van der Waals surface area contributed by atoms with Gasteiger partial charge in [-0.15, -0.1) is 0 Å². The minimum absolute atomic E-state index is 0.367. The molecule has 26 heavy (non-hydrogen) atoms. The van der Waals surface area contributed by atoms with Crippen LogP contribution in [0.1, 0.15) is 40.5 Å². The number of ether oxygens (including phenoxy) is 1. The summed E-state index contributed by atoms with van der Waals surface area (Å²) in [4.78, 5) is 21.3. The number of hydrogen-bond acceptors (Lipinski definition) is 5. The highest BCUT2D eigenvalue weighted by Crippen LogP contribution is 2.26. The summed E-state index contributed by atoms with van der Waals surface area (Å²) in [6.07, 6.45) is 2.32. The summed E-state index contributed by atoms with van der Waals surface area (Å²) in [5, 5.41) is 4.20. The number of nitrogens with one attached hydrogen (secondary N) is 1. The average molecular weight is 349 g/mol. The van der Waals surface area contributed by atoms with E-state index in [9.17, 15) is 4.79 Å². The van der Waals surface area contributed by atoms with Gasteiger partial charge < -0.3 is 10.1 Å². The number of pyridine rings is 2. The summed E-state index contributed by atoms with van der Waals surface area (Å²) in [5.41, 5.74) is 4.99. The topological polar surface area (TPSA) is 64.1 Å². The first kappa shape index (κ1) is 17.9. The fourth-order valence-electron chi connectivity index (χ4n) is 2.69. The molecule has 0 aliphatic heterocycles. The van der Waals surface area contributed by atoms with Gasteiger partial charge in [-0.05, 0) is 38.0 Å². The third-order valence-corrected chi connectivity index (χ3v) is 4.12. The van der Waals surface area contributed by atoms with Crippen molar-refractivity contribution < 1.29 is 9.53 Å². The lowest BCUT2D eigenvalue weighted by Gasteiger charge is -2.14. The van der Waals surface area contributed by atoms with Crippen LogP contribution in [-0.4, -0.2) is 22.5 Å². The van der Waals surface area contributed by atoms with Crippen molar-refractivity contribution in [2.24, 2.45) is 0 Å². The van der Waals surface area contributed by atoms with Crippen LogP contribution in [0, 0.1) is 13.8 Å². The largest absolute Gasteiger partial charge is 0.462 e. The Morgan fingerprint density at radius 1 is 1.12 bits per heavy atom. The van der Waals surface area contributed by atoms with Crippen LogP contribution in [0.3, 0.4) is 0 Å². The van der Waals surface area contributed by atoms with Crippen LogP contribution < -0.4 is 5.32 Å². The molecule has 0 fully saturated rings. The molecule has 3 aromatic rings. The second-order valence-corrected chi connectivity index (χ2v) is 6.35. The van der Waals surface area contributed by atoms with Gasteiger partial charge in [-0.2, -0.15) is 0 Å². The minimum Gasteiger partial charge on any atom is -0.462 e. The van der Waals surface area contributed by atoms with Crippen molar-refractivity contribution in [2.45, 2.75) is 33.7 Å². The second kappa shape index (κ2) is 7.95. The maximum absolute atomic E-state index is 12.5. The molecule has 0 saturated heterocycles. The molecule has 1 N–H and O–H groups in total. The van der Waals surface area contributed by atoms with E-state index in [0.717, 1.165) is 23.1 Å². The number of hydrogen-bond donors (Lipinski definition) is 1. The third kappa shape index (κ3) is 3.99. The van der Waals surface area contributed by atoms with Crippen molar-refractivity contribution in [2.75, 3.05) is 11.9 Å². The van der Waals surface area contributed by atoms with E-state index < -0.39 is 0 Å². The molecule has 0 radical (unpaired) electrons. The van der Waals surface area contributed by atoms with Gasteiger partial charge in [-0.3, -0.25) is 0 Å². The van der Waals surface area contributed by atoms with Gasteiger partial charge >= 0.3 is 5.97 Å². The van der Waals surface area contributed by atoms with Gasteiger partial charge in [-0.1, -0.05) is 36.8 Å². The van der Waals surface area contributed by atoms with Crippen LogP contribution in [0.5, 0.6) is 0 Å². The first-order valence-electron chi connectivity index (χ1n) is 8.81. The zero-order valence-electron chi connectivity index (χ0n) is 15.4. The standard InChI is InChI=1S/C21H23N3O2/c1-4-11-26-21(25)18-13-23-20-17(10-7-15(3)24-20)19(18)22-12-16-8-5-14(2)6-9-16/h5-10,13H,4,11-12H2,1-3H3,(H,22,23,24). The van der Waals surface area contributed by atoms with Crippen LogP contribution in [-0.2, 0) is 11.3 Å². The van der Waals surface area contributed by atoms with Crippen LogP contribution in [0.25, 0.3) is 11.0 Å². The molecule has 0 aliphatic rings. The van der Waals surface area contributed by atoms with Gasteiger partial charge in [0, 0.05) is 23.8 Å². The van der Waals surface area contributed by atoms with E-state index in [2.05, 4.69) is 46.5 Å². The van der Waals surface area contributed by atoms with Crippen molar-refractivity contribution >= 4 is 22.7 Å². The summed E-state index contributed by atoms with van der Waals surface area (Å²) in [6.45, 7) is 6.93. The van der Waals surface area contributed by atoms with E-state index >= 15 is 0 Å². The summed E-state index contributed by atoms with van der Waals surface area (Å²) < 4.78 is 5.32. The summed E-state index contributed by atoms with van der Waals surface area (Å²) >= 11 is 0. The molecular weight excluding hydrogens is 326 g/mol. The number of aromatic nitrogens is 2. The van der Waals surface area contributed by atoms with Crippen molar-refractivity contribution in [1.29, 1.82) is 0 Å². The number of benzene rings is 1. The monoisotopic (exact) mass is 349 g/mol. The quantitative estimate of drug-likeness (QED) is 0.667. The first-order valence-corrected chi connectivity index (χ1v) is 8.81. The minimum atomic E-state index is -0.367. The first-order chi connectivity index (χ1) is 12.6. The number of aryl methyl sites for hydroxylation is 2. The van der Waals surface area contributed by atoms with Crippen molar-refractivity contribution in [3.63, 3.8) is 0 Å². The van der Waals surface area contributed by atoms with Gasteiger partial charge in [0.25, 0.3) is 0 Å². The van der Waals surface area contributed by atoms with E-state index in [4.69, 9.17) is 4.74 Å². The highest BCUT2D eigenvalue weighted by Gasteiger charge is 2.17. The van der Waals surface area contributed by atoms with Crippen LogP contribution in [0.2, 0.25) is 0 Å². The molecular formula is C21H23N3O2. The summed E-state index contributed by atoms with van der Waals surface area (Å²) in [7, 11) is 0. The van der Waals surface area contributed by atoms with Crippen molar-refractivity contribution in [3.05, 3.63) is 65.0 Å². The predicted octanol–water partition coefficient (Wildman–Crippen LogP) is 4.43. The van der Waals surface area contributed by atoms with Gasteiger partial charge in [0.1, 0.15) is 5.56 Å². The number of nitrogens with zero attached hydrogens (tertiary/aromatic N) is 2. The molecule has 1 aromatic carbocycles. The fraction of sp³-hybridized carbons (Fsp3) is 0.286. The fourth-order valence-corrected chi connectivity index (χ4v) is 2.69. The highest BCUT2D eigenvalue weighted by atomic mass is 16.5. The maximum atomic E-state index is 12.5. The van der Waals surface area contributed by atoms with Gasteiger partial charge in [-0.25, -0.2) is 14.8 Å². The second-order valence-electron chi connectivity index (χ2n) is 6.35. The average Bonchev–Trinajstić information content (AvgIpc) is 2.65. The lowest BCUT2D eigenvalue weighted by atomic mass is 10.1. The molecule has 0 aliphatic carbocycles. The Morgan fingerprint density at radius 3 is 2.62 bits per heavy atom. The highest BCUT2D eigenvalue weighted by molar-refractivity contribution is 6.04. The Kier molecular flexibility index (Phi) is 5.46. The van der Waals surface area contributed by atoms with E-state index in [0.29, 0.717) is 30.0 Å². The maximum Gasteiger partial charge on any atom is 0.341 e. The van der Waals surface area contributed by atoms with E-state index in [-0.39, 0.29) is 5.97 Å². The lowest BCUT2D eigenvalue weighted by molar-refractivity contribution is 0.0506. The van der Waals surface area contributed by atoms with Crippen LogP contribution >= 0.6 is 0 Å². The molecule has 134 valence electrons. The SMILES string of the molecule is CCCOC(=O)c1cnc2nc(C)ccc2c1NCc1ccc(C)cc1. The summed E-state index contributed by atoms with van der Waals surface area (Å²) in [6, 6.07) is 12.2. The molecule has 5 nitrogen and oxygen atoms in total. The Hall–Kier alpha value is -2.95. The Morgan fingerprint density at radius 2 is 1.88 bits per heavy atom. The molecule has 0 saturated carbocycles. The van der Waals surface area contributed by atoms with Gasteiger partial charge in [0.2, 0.25) is 0 Å². The Labute approximate surface area is 153 Å². The normalized spacial score (nSPS) is 10.7. The Bertz CT molecular complexity index is 920. The number of anilines is 1. The molecule has 0 spiro atoms. The molecule has 2 aromatic heterocycles. The molecule has 0 unspecified atom stereocenters. The number of carbonyl (C=O) groups is 1. The van der Waals surface area contributed by atoms with Gasteiger partial charge in [0.15, 0.2) is 5.65 Å². The van der Waals surface area contributed by atoms with E-state index in [1.165, 1.54) is 5.56 Å². The predicted molar refractivity (Wildman–Crippen MR) is 103 cm³/mol. The number of carbonyl (C=O) groups excluding carboxylic acids is 1. The molecule has 3 rings (SSSR count). The third-order valence-electron chi connectivity index (χ3n) is 4.12. The number of fused-ring (bicyclic) bond motifs is 1. The Balaban J connectivity index is 1.97. The van der Waals surface area contributed by atoms with E-state index in [1.807, 2.05) is 26.0 Å². The zero-order chi connectivity index (χ0) is 18.5. The molecule has 0 bridgehead atoms. The smallest absolute Gasteiger partial charge is 0.341 e. The van der Waals surface area contributed by atoms with Crippen molar-refractivity contribution in [3.8, 4) is 0 Å². The number of esters is 1. The summed E-state index contributed by atoms with van der Waals surface area (Å²) in [5.74, 6) is -0.367. The molecule has 2 heterocycles. The van der Waals surface area contributed by atoms with Gasteiger partial charge in [0.05, 0.1) is 12.3 Å². The van der Waals surface area contributed by atoms with Crippen LogP contribution in [0.15, 0.2) is 42.6 Å². The van der Waals surface area contributed by atoms with E-state index in [1.54, 1.807) is 6.20 Å². The van der Waals surface area contributed by atoms with Crippen LogP contribution in [0.4, 0.5) is 5.69 Å². The van der Waals surface area contributed by atoms with Crippen molar-refractivity contribution in [1.82, 2.24) is 9.97 Å². The number of rotatable bonds is 6. The molecule has 0 amide bonds.